The van der Waals surface area contributed by atoms with Crippen LogP contribution in [0.1, 0.15) is 12.5 Å². The number of carboxylic acid groups (broad SMARTS) is 2. The molecule has 0 radical (unpaired) electrons. The molecule has 1 atom stereocenters. The minimum atomic E-state index is -6.00. The highest BCUT2D eigenvalue weighted by Gasteiger charge is 2.22. The predicted molar refractivity (Wildman–Crippen MR) is 51.3 cm³/mol. The maximum absolute atomic E-state index is 10.6. The van der Waals surface area contributed by atoms with Gasteiger partial charge in [-0.25, -0.2) is 9.78 Å². The quantitative estimate of drug-likeness (QED) is 0.635. The number of hydrogen-bond donors (Lipinski definition) is 2. The fraction of sp³-hybridized carbons (Fsp3) is 0.286. The van der Waals surface area contributed by atoms with Gasteiger partial charge in [-0.05, 0) is 0 Å². The highest BCUT2D eigenvalue weighted by molar-refractivity contribution is 6.50. The Morgan fingerprint density at radius 1 is 1.28 bits per heavy atom. The van der Waals surface area contributed by atoms with E-state index in [1.807, 2.05) is 0 Å². The van der Waals surface area contributed by atoms with Gasteiger partial charge < -0.3 is 32.0 Å². The molecule has 2 N–H and O–H groups in total. The minimum absolute atomic E-state index is 0.453. The molecule has 0 aliphatic carbocycles. The predicted octanol–water partition coefficient (Wildman–Crippen LogP) is 1.28. The van der Waals surface area contributed by atoms with Crippen LogP contribution in [-0.2, 0) is 9.59 Å². The Morgan fingerprint density at radius 2 is 1.78 bits per heavy atom. The zero-order chi connectivity index (χ0) is 14.3. The second kappa shape index (κ2) is 6.62. The summed E-state index contributed by atoms with van der Waals surface area (Å²) in [4.78, 5) is 24.6. The monoisotopic (exact) mass is 271 g/mol. The molecule has 0 bridgehead atoms. The average molecular weight is 271 g/mol. The molecule has 0 aromatic carbocycles. The van der Waals surface area contributed by atoms with E-state index in [-0.39, 0.29) is 0 Å². The van der Waals surface area contributed by atoms with Crippen molar-refractivity contribution in [3.8, 4) is 0 Å². The SMILES string of the molecule is F[B-](F)(F)F.O=C(O)CC(C(=O)O)n1ccnc1. The Morgan fingerprint density at radius 3 is 2.06 bits per heavy atom. The van der Waals surface area contributed by atoms with Crippen molar-refractivity contribution in [3.63, 3.8) is 0 Å². The van der Waals surface area contributed by atoms with Gasteiger partial charge in [-0.1, -0.05) is 0 Å². The van der Waals surface area contributed by atoms with Crippen molar-refractivity contribution >= 4 is 19.2 Å². The molecule has 18 heavy (non-hydrogen) atoms. The molecule has 1 aromatic rings. The molecule has 102 valence electrons. The van der Waals surface area contributed by atoms with E-state index in [1.54, 1.807) is 0 Å². The van der Waals surface area contributed by atoms with Crippen LogP contribution in [0, 0.1) is 0 Å². The summed E-state index contributed by atoms with van der Waals surface area (Å²) in [6.45, 7) is 0. The van der Waals surface area contributed by atoms with E-state index in [0.717, 1.165) is 0 Å². The highest BCUT2D eigenvalue weighted by Crippen LogP contribution is 2.10. The third kappa shape index (κ3) is 8.13. The Kier molecular flexibility index (Phi) is 5.86. The van der Waals surface area contributed by atoms with Gasteiger partial charge in [-0.3, -0.25) is 4.79 Å². The highest BCUT2D eigenvalue weighted by atomic mass is 19.5. The Bertz CT molecular complexity index is 389. The fourth-order valence-electron chi connectivity index (χ4n) is 0.939. The van der Waals surface area contributed by atoms with Gasteiger partial charge in [0.1, 0.15) is 6.04 Å². The number of carbonyl (C=O) groups is 2. The van der Waals surface area contributed by atoms with E-state index in [4.69, 9.17) is 10.2 Å². The van der Waals surface area contributed by atoms with E-state index in [1.165, 1.54) is 23.3 Å². The van der Waals surface area contributed by atoms with Gasteiger partial charge in [0.2, 0.25) is 0 Å². The van der Waals surface area contributed by atoms with Gasteiger partial charge in [0, 0.05) is 12.4 Å². The number of halogens is 4. The van der Waals surface area contributed by atoms with Gasteiger partial charge in [-0.15, -0.1) is 0 Å². The molecule has 1 unspecified atom stereocenters. The van der Waals surface area contributed by atoms with Gasteiger partial charge in [0.25, 0.3) is 0 Å². The van der Waals surface area contributed by atoms with Crippen LogP contribution >= 0.6 is 0 Å². The Hall–Kier alpha value is -2.07. The fourth-order valence-corrected chi connectivity index (χ4v) is 0.939. The number of aliphatic carboxylic acids is 2. The van der Waals surface area contributed by atoms with Crippen LogP contribution in [0.25, 0.3) is 0 Å². The summed E-state index contributed by atoms with van der Waals surface area (Å²) in [5, 5.41) is 17.1. The molecule has 6 nitrogen and oxygen atoms in total. The molecular weight excluding hydrogens is 263 g/mol. The van der Waals surface area contributed by atoms with E-state index < -0.39 is 31.7 Å². The van der Waals surface area contributed by atoms with Gasteiger partial charge in [0.05, 0.1) is 12.7 Å². The molecule has 0 amide bonds. The lowest BCUT2D eigenvalue weighted by Crippen LogP contribution is -2.21. The van der Waals surface area contributed by atoms with Crippen molar-refractivity contribution in [2.24, 2.45) is 0 Å². The molecule has 0 aliphatic rings. The number of aromatic nitrogens is 2. The third-order valence-electron chi connectivity index (χ3n) is 1.54. The molecule has 11 heteroatoms. The third-order valence-corrected chi connectivity index (χ3v) is 1.54. The van der Waals surface area contributed by atoms with Crippen LogP contribution in [0.3, 0.4) is 0 Å². The summed E-state index contributed by atoms with van der Waals surface area (Å²) in [7, 11) is -6.00. The van der Waals surface area contributed by atoms with Crippen LogP contribution in [0.4, 0.5) is 17.3 Å². The second-order valence-electron chi connectivity index (χ2n) is 2.96. The summed E-state index contributed by atoms with van der Waals surface area (Å²) in [5.74, 6) is -2.33. The lowest BCUT2D eigenvalue weighted by Gasteiger charge is -2.10. The van der Waals surface area contributed by atoms with Crippen LogP contribution in [0.2, 0.25) is 0 Å². The molecule has 1 rings (SSSR count). The van der Waals surface area contributed by atoms with Crippen molar-refractivity contribution < 1.29 is 37.1 Å². The summed E-state index contributed by atoms with van der Waals surface area (Å²) in [6, 6.07) is -1.08. The zero-order valence-electron chi connectivity index (χ0n) is 8.71. The molecule has 0 spiro atoms. The Balaban J connectivity index is 0.000000494. The van der Waals surface area contributed by atoms with Crippen molar-refractivity contribution in [3.05, 3.63) is 18.7 Å². The molecule has 0 aliphatic heterocycles. The summed E-state index contributed by atoms with van der Waals surface area (Å²) < 4.78 is 40.2. The molecule has 0 saturated heterocycles. The van der Waals surface area contributed by atoms with Crippen LogP contribution in [0.15, 0.2) is 18.7 Å². The van der Waals surface area contributed by atoms with E-state index in [0.29, 0.717) is 0 Å². The first kappa shape index (κ1) is 15.9. The van der Waals surface area contributed by atoms with Crippen LogP contribution in [0.5, 0.6) is 0 Å². The number of carboxylic acids is 2. The first-order valence-electron chi connectivity index (χ1n) is 4.40. The second-order valence-corrected chi connectivity index (χ2v) is 2.96. The van der Waals surface area contributed by atoms with Crippen molar-refractivity contribution in [1.82, 2.24) is 9.55 Å². The Labute approximate surface area is 98.0 Å². The van der Waals surface area contributed by atoms with Gasteiger partial charge in [-0.2, -0.15) is 0 Å². The smallest absolute Gasteiger partial charge is 0.481 e. The lowest BCUT2D eigenvalue weighted by atomic mass is 10.2. The first-order chi connectivity index (χ1) is 8.11. The number of nitrogens with zero attached hydrogens (tertiary/aromatic N) is 2. The lowest BCUT2D eigenvalue weighted by molar-refractivity contribution is -0.147. The average Bonchev–Trinajstić information content (AvgIpc) is 2.62. The standard InChI is InChI=1S/C7H8N2O4.BF4/c10-6(11)3-5(7(12)13)9-2-1-8-4-9;2-1(3,4)5/h1-2,4-5H,3H2,(H,10,11)(H,12,13);/q;-1. The topological polar surface area (TPSA) is 92.4 Å². The van der Waals surface area contributed by atoms with Crippen LogP contribution < -0.4 is 0 Å². The number of hydrogen-bond acceptors (Lipinski definition) is 3. The zero-order valence-corrected chi connectivity index (χ0v) is 8.71. The first-order valence-corrected chi connectivity index (χ1v) is 4.40. The molecule has 0 fully saturated rings. The van der Waals surface area contributed by atoms with Crippen molar-refractivity contribution in [2.45, 2.75) is 12.5 Å². The largest absolute Gasteiger partial charge is 0.673 e. The van der Waals surface area contributed by atoms with E-state index in [9.17, 15) is 26.9 Å². The van der Waals surface area contributed by atoms with Gasteiger partial charge >= 0.3 is 19.2 Å². The van der Waals surface area contributed by atoms with Crippen LogP contribution in [-0.4, -0.2) is 39.0 Å². The number of rotatable bonds is 4. The minimum Gasteiger partial charge on any atom is -0.481 e. The van der Waals surface area contributed by atoms with Crippen molar-refractivity contribution in [1.29, 1.82) is 0 Å². The molecule has 1 heterocycles. The summed E-state index contributed by atoms with van der Waals surface area (Å²) in [6.07, 6.45) is 3.65. The molecular formula is C7H8BF4N2O4-. The normalized spacial score (nSPS) is 12.2. The molecule has 0 saturated carbocycles. The maximum Gasteiger partial charge on any atom is 0.673 e. The van der Waals surface area contributed by atoms with Gasteiger partial charge in [0.15, 0.2) is 0 Å². The maximum atomic E-state index is 10.6. The van der Waals surface area contributed by atoms with E-state index >= 15 is 0 Å². The summed E-state index contributed by atoms with van der Waals surface area (Å²) in [5.41, 5.74) is 0. The molecule has 1 aromatic heterocycles. The van der Waals surface area contributed by atoms with E-state index in [2.05, 4.69) is 4.98 Å². The summed E-state index contributed by atoms with van der Waals surface area (Å²) >= 11 is 0. The van der Waals surface area contributed by atoms with Crippen molar-refractivity contribution in [2.75, 3.05) is 0 Å². The number of imidazole rings is 1.